The van der Waals surface area contributed by atoms with Gasteiger partial charge in [-0.1, -0.05) is 66.4 Å². The second kappa shape index (κ2) is 31.5. The highest BCUT2D eigenvalue weighted by atomic mass is 19.3. The molecule has 4 saturated heterocycles. The predicted octanol–water partition coefficient (Wildman–Crippen LogP) is 12.4. The lowest BCUT2D eigenvalue weighted by Crippen LogP contribution is -2.48. The van der Waals surface area contributed by atoms with Gasteiger partial charge in [0.2, 0.25) is 17.6 Å². The molecule has 4 fully saturated rings. The average molecular weight is 1360 g/mol. The Bertz CT molecular complexity index is 4440. The first-order valence-electron chi connectivity index (χ1n) is 33.6. The first-order chi connectivity index (χ1) is 48.2. The minimum atomic E-state index is -3.23. The van der Waals surface area contributed by atoms with Crippen molar-refractivity contribution < 1.29 is 57.1 Å². The maximum atomic E-state index is 13.2. The van der Waals surface area contributed by atoms with Crippen LogP contribution in [0, 0.1) is 66.2 Å². The van der Waals surface area contributed by atoms with E-state index in [1.807, 2.05) is 136 Å². The molecule has 5 N–H and O–H groups in total. The molecule has 6 aromatic carbocycles. The fourth-order valence-electron chi connectivity index (χ4n) is 12.6. The van der Waals surface area contributed by atoms with Crippen molar-refractivity contribution in [2.24, 2.45) is 0 Å². The van der Waals surface area contributed by atoms with E-state index >= 15 is 0 Å². The third kappa shape index (κ3) is 16.4. The second-order valence-electron chi connectivity index (χ2n) is 25.8. The summed E-state index contributed by atoms with van der Waals surface area (Å²) in [5.41, 5.74) is 18.1. The van der Waals surface area contributed by atoms with Crippen LogP contribution in [0.5, 0.6) is 23.4 Å². The number of hydrogen-bond acceptors (Lipinski definition) is 13. The zero-order valence-electron chi connectivity index (χ0n) is 57.3. The number of ether oxygens (including phenoxy) is 5. The number of carbonyl (C=O) groups excluding carboxylic acids is 3. The summed E-state index contributed by atoms with van der Waals surface area (Å²) in [6.07, 6.45) is 10.1. The fourth-order valence-corrected chi connectivity index (χ4v) is 12.6. The normalized spacial score (nSPS) is 14.8. The Balaban J connectivity index is 0.000000151. The number of amides is 3. The number of halogens is 2. The average Bonchev–Trinajstić information content (AvgIpc) is 1.16. The van der Waals surface area contributed by atoms with Gasteiger partial charge in [0.05, 0.1) is 43.5 Å². The summed E-state index contributed by atoms with van der Waals surface area (Å²) in [5.74, 6) is 7.78. The number of aryl methyl sites for hydroxylation is 3. The van der Waals surface area contributed by atoms with E-state index < -0.39 is 6.11 Å². The van der Waals surface area contributed by atoms with Gasteiger partial charge < -0.3 is 48.6 Å². The van der Waals surface area contributed by atoms with Crippen LogP contribution >= 0.6 is 0 Å². The van der Waals surface area contributed by atoms with Crippen molar-refractivity contribution >= 4 is 17.7 Å². The van der Waals surface area contributed by atoms with Crippen LogP contribution in [-0.2, 0) is 4.74 Å². The molecule has 13 rings (SSSR count). The summed E-state index contributed by atoms with van der Waals surface area (Å²) < 4.78 is 53.2. The summed E-state index contributed by atoms with van der Waals surface area (Å²) >= 11 is 0. The Morgan fingerprint density at radius 1 is 0.530 bits per heavy atom. The van der Waals surface area contributed by atoms with Crippen molar-refractivity contribution in [2.45, 2.75) is 97.7 Å². The van der Waals surface area contributed by atoms with E-state index in [1.54, 1.807) is 23.1 Å². The molecule has 19 nitrogen and oxygen atoms in total. The molecule has 518 valence electrons. The van der Waals surface area contributed by atoms with Crippen LogP contribution in [-0.4, -0.2) is 164 Å². The monoisotopic (exact) mass is 1360 g/mol. The number of hydrogen-bond donors (Lipinski definition) is 5. The number of carbonyl (C=O) groups is 3. The van der Waals surface area contributed by atoms with E-state index in [2.05, 4.69) is 59.3 Å². The van der Waals surface area contributed by atoms with Crippen molar-refractivity contribution in [3.05, 3.63) is 205 Å². The summed E-state index contributed by atoms with van der Waals surface area (Å²) in [5, 5.41) is 39.9. The maximum absolute atomic E-state index is 13.2. The van der Waals surface area contributed by atoms with Gasteiger partial charge in [-0.2, -0.15) is 8.78 Å². The molecule has 100 heavy (non-hydrogen) atoms. The van der Waals surface area contributed by atoms with Crippen LogP contribution < -0.4 is 18.9 Å². The molecule has 4 aliphatic rings. The number of terminal acetylenes is 2. The lowest BCUT2D eigenvalue weighted by Gasteiger charge is -2.39. The molecule has 0 atom stereocenters. The lowest BCUT2D eigenvalue weighted by atomic mass is 9.90. The number of nitrogens with one attached hydrogen (secondary N) is 3. The Labute approximate surface area is 581 Å². The lowest BCUT2D eigenvalue weighted by molar-refractivity contribution is -0.159. The Kier molecular flexibility index (Phi) is 22.3. The van der Waals surface area contributed by atoms with Gasteiger partial charge >= 0.3 is 6.11 Å². The Morgan fingerprint density at radius 2 is 0.890 bits per heavy atom. The fraction of sp³-hybridized carbons (Fsp3) is 0.342. The van der Waals surface area contributed by atoms with Crippen LogP contribution in [0.25, 0.3) is 33.8 Å². The first kappa shape index (κ1) is 70.7. The highest BCUT2D eigenvalue weighted by molar-refractivity contribution is 5.98. The molecular weight excluding hydrogens is 1270 g/mol. The summed E-state index contributed by atoms with van der Waals surface area (Å²) in [4.78, 5) is 44.9. The van der Waals surface area contributed by atoms with Gasteiger partial charge in [0.15, 0.2) is 0 Å². The third-order valence-electron chi connectivity index (χ3n) is 18.7. The predicted molar refractivity (Wildman–Crippen MR) is 377 cm³/mol. The number of aromatic nitrogens is 6. The number of nitrogens with zero attached hydrogens (tertiary/aromatic N) is 6. The zero-order valence-corrected chi connectivity index (χ0v) is 57.3. The number of benzene rings is 6. The number of aromatic amines is 3. The van der Waals surface area contributed by atoms with Crippen molar-refractivity contribution in [3.63, 3.8) is 0 Å². The standard InChI is InChI=1S/C28H29N3O3.C26H27N3O3.C25H27F2N3O4/c1-4-20-6-9-21(10-7-20)23-16-31(17-23)28(32)22-8-5-18(2)25(15-22)26-19(3)27(30-29-26)34-24-11-13-33-14-12-24;1-4-19-7-10-20(11-8-19)22-15-29(16-22)26(31)21-9-6-17(2)23(14-21)24-18(3)25(28-27-24)32-13-5-12-30;1-15-4-5-18(12-21(15)22-16(2)23(29-28-22)33-11-10-31)24(32)30-13-19(14-30)17-6-8-20(9-7-17)34-25(3,26)27/h1,5-10,15,23-24H,11-14,16-17H2,2-3H3,(H,29,30);1,6-11,14,22,30H,5,12-13,15-16H2,2-3H3,(H,27,28);4-9,12,19,31H,10-11,13-14H2,1-3H3,(H,28,29). The molecule has 0 spiro atoms. The molecule has 0 aliphatic carbocycles. The van der Waals surface area contributed by atoms with Crippen LogP contribution in [0.1, 0.15) is 136 Å². The molecular formula is C79H83F2N9O10. The molecule has 0 radical (unpaired) electrons. The zero-order chi connectivity index (χ0) is 70.8. The van der Waals surface area contributed by atoms with E-state index in [1.165, 1.54) is 23.3 Å². The molecule has 0 saturated carbocycles. The maximum Gasteiger partial charge on any atom is 0.394 e. The van der Waals surface area contributed by atoms with E-state index in [9.17, 15) is 23.2 Å². The van der Waals surface area contributed by atoms with Crippen LogP contribution in [0.4, 0.5) is 8.78 Å². The smallest absolute Gasteiger partial charge is 0.394 e. The number of rotatable bonds is 20. The van der Waals surface area contributed by atoms with Crippen LogP contribution in [0.3, 0.4) is 0 Å². The molecule has 3 aromatic heterocycles. The minimum Gasteiger partial charge on any atom is -0.476 e. The van der Waals surface area contributed by atoms with Crippen LogP contribution in [0.15, 0.2) is 127 Å². The SMILES string of the molecule is C#Cc1ccc(C2CN(C(=O)c3ccc(C)c(-c4[nH]nc(OC5CCOCC5)c4C)c3)C2)cc1.C#Cc1ccc(C2CN(C(=O)c3ccc(C)c(-c4[nH]nc(OCCCO)c4C)c3)C2)cc1.Cc1ccc(C(=O)N2CC(c3ccc(OC(C)(F)F)cc3)C2)cc1-c1[nH]nc(OCCO)c1C. The van der Waals surface area contributed by atoms with Crippen molar-refractivity contribution in [2.75, 3.05) is 78.9 Å². The number of aliphatic hydroxyl groups is 2. The van der Waals surface area contributed by atoms with Gasteiger partial charge in [0, 0.05) is 151 Å². The van der Waals surface area contributed by atoms with Gasteiger partial charge in [-0.3, -0.25) is 29.7 Å². The highest BCUT2D eigenvalue weighted by Gasteiger charge is 2.36. The summed E-state index contributed by atoms with van der Waals surface area (Å²) in [6, 6.07) is 39.8. The van der Waals surface area contributed by atoms with Gasteiger partial charge in [0.25, 0.3) is 17.7 Å². The second-order valence-corrected chi connectivity index (χ2v) is 25.8. The van der Waals surface area contributed by atoms with Gasteiger partial charge in [-0.15, -0.1) is 28.1 Å². The number of likely N-dealkylation sites (tertiary alicyclic amines) is 3. The third-order valence-corrected chi connectivity index (χ3v) is 18.7. The van der Waals surface area contributed by atoms with Crippen molar-refractivity contribution in [3.8, 4) is 81.8 Å². The van der Waals surface area contributed by atoms with E-state index in [4.69, 9.17) is 42.0 Å². The van der Waals surface area contributed by atoms with Gasteiger partial charge in [0.1, 0.15) is 18.5 Å². The van der Waals surface area contributed by atoms with Crippen molar-refractivity contribution in [1.29, 1.82) is 0 Å². The molecule has 0 bridgehead atoms. The number of alkyl halides is 2. The number of H-pyrrole nitrogens is 3. The van der Waals surface area contributed by atoms with E-state index in [0.717, 1.165) is 110 Å². The molecule has 9 aromatic rings. The molecule has 4 aliphatic heterocycles. The summed E-state index contributed by atoms with van der Waals surface area (Å²) in [7, 11) is 0. The first-order valence-corrected chi connectivity index (χ1v) is 33.6. The van der Waals surface area contributed by atoms with Crippen LogP contribution in [0.2, 0.25) is 0 Å². The van der Waals surface area contributed by atoms with Gasteiger partial charge in [-0.25, -0.2) is 0 Å². The topological polar surface area (TPSA) is 234 Å². The molecule has 3 amide bonds. The van der Waals surface area contributed by atoms with Gasteiger partial charge in [-0.05, 0) is 148 Å². The largest absolute Gasteiger partial charge is 0.476 e. The highest BCUT2D eigenvalue weighted by Crippen LogP contribution is 2.38. The quantitative estimate of drug-likeness (QED) is 0.0353. The minimum absolute atomic E-state index is 0.0272. The Hall–Kier alpha value is -10.6. The molecule has 7 heterocycles. The van der Waals surface area contributed by atoms with E-state index in [-0.39, 0.29) is 55.3 Å². The Morgan fingerprint density at radius 3 is 1.25 bits per heavy atom. The van der Waals surface area contributed by atoms with E-state index in [0.29, 0.717) is 105 Å². The number of aliphatic hydroxyl groups excluding tert-OH is 2. The summed E-state index contributed by atoms with van der Waals surface area (Å²) in [6.45, 7) is 18.4. The van der Waals surface area contributed by atoms with Crippen molar-refractivity contribution in [1.82, 2.24) is 45.3 Å². The molecule has 0 unspecified atom stereocenters. The molecule has 21 heteroatoms.